The molecule has 3 rings (SSSR count). The molecule has 0 radical (unpaired) electrons. The van der Waals surface area contributed by atoms with E-state index in [4.69, 9.17) is 10.4 Å². The number of phenolic OH excluding ortho intramolecular Hbond substituents is 2. The maximum atomic E-state index is 10.2. The zero-order chi connectivity index (χ0) is 24.9. The van der Waals surface area contributed by atoms with Crippen molar-refractivity contribution in [1.82, 2.24) is 0 Å². The molecular weight excluding hydrogens is 420 g/mol. The molecule has 34 heavy (non-hydrogen) atoms. The van der Waals surface area contributed by atoms with Crippen LogP contribution in [0.15, 0.2) is 29.3 Å². The van der Waals surface area contributed by atoms with Gasteiger partial charge in [-0.3, -0.25) is 4.99 Å². The van der Waals surface area contributed by atoms with E-state index in [1.54, 1.807) is 0 Å². The summed E-state index contributed by atoms with van der Waals surface area (Å²) in [6, 6.07) is 8.55. The summed E-state index contributed by atoms with van der Waals surface area (Å²) in [6.07, 6.45) is 16.3. The van der Waals surface area contributed by atoms with Crippen molar-refractivity contribution < 1.29 is 10.2 Å². The third-order valence-corrected chi connectivity index (χ3v) is 6.57. The molecule has 0 saturated heterocycles. The summed E-state index contributed by atoms with van der Waals surface area (Å²) < 4.78 is 0. The van der Waals surface area contributed by atoms with Gasteiger partial charge in [0.25, 0.3) is 0 Å². The van der Waals surface area contributed by atoms with Crippen LogP contribution in [0.5, 0.6) is 11.5 Å². The van der Waals surface area contributed by atoms with Crippen LogP contribution in [0.2, 0.25) is 0 Å². The first-order valence-corrected chi connectivity index (χ1v) is 13.1. The molecule has 0 bridgehead atoms. The Labute approximate surface area is 206 Å². The zero-order valence-electron chi connectivity index (χ0n) is 21.7. The van der Waals surface area contributed by atoms with Gasteiger partial charge in [-0.15, -0.1) is 0 Å². The number of aryl methyl sites for hydroxylation is 4. The van der Waals surface area contributed by atoms with Gasteiger partial charge in [0.15, 0.2) is 0 Å². The van der Waals surface area contributed by atoms with E-state index in [9.17, 15) is 10.2 Å². The largest absolute Gasteiger partial charge is 0.507 e. The third-order valence-electron chi connectivity index (χ3n) is 6.57. The van der Waals surface area contributed by atoms with Crippen LogP contribution in [0.1, 0.15) is 105 Å². The Morgan fingerprint density at radius 1 is 0.824 bits per heavy atom. The molecule has 1 fully saturated rings. The molecule has 3 N–H and O–H groups in total. The van der Waals surface area contributed by atoms with Crippen molar-refractivity contribution in [2.24, 2.45) is 4.99 Å². The summed E-state index contributed by atoms with van der Waals surface area (Å²) >= 11 is 0. The number of nitrogens with zero attached hydrogens (tertiary/aromatic N) is 1. The lowest BCUT2D eigenvalue weighted by Gasteiger charge is -2.17. The Hall–Kier alpha value is -2.62. The molecule has 2 aromatic carbocycles. The van der Waals surface area contributed by atoms with Crippen LogP contribution in [0, 0.1) is 19.3 Å². The summed E-state index contributed by atoms with van der Waals surface area (Å²) in [5, 5.41) is 27.0. The number of aromatic hydroxyl groups is 2. The van der Waals surface area contributed by atoms with Gasteiger partial charge in [-0.25, -0.2) is 0 Å². The van der Waals surface area contributed by atoms with Crippen LogP contribution < -0.4 is 0 Å². The molecule has 1 saturated carbocycles. The highest BCUT2D eigenvalue weighted by atomic mass is 16.3. The highest BCUT2D eigenvalue weighted by Gasteiger charge is 2.12. The van der Waals surface area contributed by atoms with Gasteiger partial charge < -0.3 is 15.6 Å². The Kier molecular flexibility index (Phi) is 11.9. The van der Waals surface area contributed by atoms with Gasteiger partial charge in [0, 0.05) is 29.6 Å². The lowest BCUT2D eigenvalue weighted by molar-refractivity contribution is 0.444. The quantitative estimate of drug-likeness (QED) is 0.331. The van der Waals surface area contributed by atoms with Gasteiger partial charge in [-0.2, -0.15) is 0 Å². The fourth-order valence-electron chi connectivity index (χ4n) is 4.44. The molecule has 0 aromatic heterocycles. The molecule has 0 heterocycles. The number of hydrogen-bond donors (Lipinski definition) is 3. The first-order chi connectivity index (χ1) is 16.4. The van der Waals surface area contributed by atoms with Crippen LogP contribution in [-0.2, 0) is 12.8 Å². The van der Waals surface area contributed by atoms with Crippen LogP contribution in [0.4, 0.5) is 0 Å². The Morgan fingerprint density at radius 2 is 1.32 bits per heavy atom. The summed E-state index contributed by atoms with van der Waals surface area (Å²) in [4.78, 5) is 4.69. The van der Waals surface area contributed by atoms with Crippen LogP contribution >= 0.6 is 0 Å². The van der Waals surface area contributed by atoms with E-state index in [0.29, 0.717) is 17.4 Å². The molecule has 0 unspecified atom stereocenters. The minimum atomic E-state index is 0.236. The fraction of sp³-hybridized carbons (Fsp3) is 0.533. The molecule has 0 atom stereocenters. The van der Waals surface area contributed by atoms with Crippen molar-refractivity contribution in [2.45, 2.75) is 104 Å². The maximum Gasteiger partial charge on any atom is 0.127 e. The second-order valence-corrected chi connectivity index (χ2v) is 9.62. The first-order valence-electron chi connectivity index (χ1n) is 13.1. The standard InChI is InChI=1S/C18H27NO.C12H17NO/c1-3-4-8-15-11-14(2)18(20)16(12-15)13-19-17-9-6-5-7-10-17;1-3-4-5-10-6-9(2)12(14)11(7-10)8-13/h11-13,17,20H,3-10H2,1-2H3;6-8,13-14H,3-5H2,1-2H3. The summed E-state index contributed by atoms with van der Waals surface area (Å²) in [5.41, 5.74) is 5.85. The molecular formula is C30H44N2O2. The molecule has 2 aromatic rings. The molecule has 1 aliphatic carbocycles. The number of phenols is 2. The highest BCUT2D eigenvalue weighted by molar-refractivity contribution is 5.84. The highest BCUT2D eigenvalue weighted by Crippen LogP contribution is 2.25. The van der Waals surface area contributed by atoms with Crippen LogP contribution in [0.25, 0.3) is 0 Å². The summed E-state index contributed by atoms with van der Waals surface area (Å²) in [7, 11) is 0. The normalized spacial score (nSPS) is 14.1. The third kappa shape index (κ3) is 8.62. The molecule has 4 heteroatoms. The van der Waals surface area contributed by atoms with Crippen molar-refractivity contribution in [3.05, 3.63) is 57.6 Å². The number of unbranched alkanes of at least 4 members (excludes halogenated alkanes) is 2. The van der Waals surface area contributed by atoms with Gasteiger partial charge in [0.05, 0.1) is 0 Å². The Balaban J connectivity index is 0.000000257. The number of rotatable bonds is 9. The molecule has 0 aliphatic heterocycles. The average Bonchev–Trinajstić information content (AvgIpc) is 2.85. The minimum Gasteiger partial charge on any atom is -0.507 e. The van der Waals surface area contributed by atoms with E-state index in [2.05, 4.69) is 26.0 Å². The predicted octanol–water partition coefficient (Wildman–Crippen LogP) is 7.84. The van der Waals surface area contributed by atoms with Crippen molar-refractivity contribution in [2.75, 3.05) is 0 Å². The van der Waals surface area contributed by atoms with E-state index in [0.717, 1.165) is 36.0 Å². The maximum absolute atomic E-state index is 10.2. The Bertz CT molecular complexity index is 943. The first kappa shape index (κ1) is 27.6. The molecule has 1 aliphatic rings. The second-order valence-electron chi connectivity index (χ2n) is 9.62. The monoisotopic (exact) mass is 464 g/mol. The smallest absolute Gasteiger partial charge is 0.127 e. The number of benzene rings is 2. The Morgan fingerprint density at radius 3 is 1.82 bits per heavy atom. The van der Waals surface area contributed by atoms with Crippen LogP contribution in [-0.4, -0.2) is 28.7 Å². The van der Waals surface area contributed by atoms with Gasteiger partial charge in [0.1, 0.15) is 11.5 Å². The van der Waals surface area contributed by atoms with Gasteiger partial charge >= 0.3 is 0 Å². The van der Waals surface area contributed by atoms with Crippen molar-refractivity contribution in [3.63, 3.8) is 0 Å². The lowest BCUT2D eigenvalue weighted by Crippen LogP contribution is -2.09. The van der Waals surface area contributed by atoms with Gasteiger partial charge in [0.2, 0.25) is 0 Å². The number of nitrogens with one attached hydrogen (secondary N) is 1. The van der Waals surface area contributed by atoms with Crippen molar-refractivity contribution in [3.8, 4) is 11.5 Å². The van der Waals surface area contributed by atoms with Crippen molar-refractivity contribution >= 4 is 12.4 Å². The zero-order valence-corrected chi connectivity index (χ0v) is 21.7. The van der Waals surface area contributed by atoms with E-state index in [1.165, 1.54) is 68.7 Å². The van der Waals surface area contributed by atoms with Gasteiger partial charge in [-0.05, 0) is 86.8 Å². The average molecular weight is 465 g/mol. The molecule has 0 amide bonds. The second kappa shape index (κ2) is 14.6. The van der Waals surface area contributed by atoms with Gasteiger partial charge in [-0.1, -0.05) is 58.1 Å². The molecule has 4 nitrogen and oxygen atoms in total. The fourth-order valence-corrected chi connectivity index (χ4v) is 4.44. The minimum absolute atomic E-state index is 0.236. The number of hydrogen-bond acceptors (Lipinski definition) is 4. The molecule has 0 spiro atoms. The van der Waals surface area contributed by atoms with Crippen LogP contribution in [0.3, 0.4) is 0 Å². The van der Waals surface area contributed by atoms with Crippen molar-refractivity contribution in [1.29, 1.82) is 5.41 Å². The SMILES string of the molecule is CCCCc1cc(C)c(O)c(C=N)c1.CCCCc1cc(C)c(O)c(C=NC2CCCCC2)c1. The topological polar surface area (TPSA) is 76.7 Å². The van der Waals surface area contributed by atoms with E-state index < -0.39 is 0 Å². The van der Waals surface area contributed by atoms with E-state index in [-0.39, 0.29) is 5.75 Å². The molecule has 186 valence electrons. The van der Waals surface area contributed by atoms with E-state index in [1.807, 2.05) is 32.2 Å². The lowest BCUT2D eigenvalue weighted by atomic mass is 9.96. The number of aliphatic imine (C=N–C) groups is 1. The van der Waals surface area contributed by atoms with E-state index >= 15 is 0 Å². The predicted molar refractivity (Wildman–Crippen MR) is 145 cm³/mol. The summed E-state index contributed by atoms with van der Waals surface area (Å²) in [5.74, 6) is 0.630. The summed E-state index contributed by atoms with van der Waals surface area (Å²) in [6.45, 7) is 8.21.